The molecule has 0 aliphatic rings. The van der Waals surface area contributed by atoms with Crippen LogP contribution in [0.15, 0.2) is 78.2 Å². The van der Waals surface area contributed by atoms with E-state index in [9.17, 15) is 9.59 Å². The molecule has 3 aromatic rings. The Bertz CT molecular complexity index is 950. The fourth-order valence-corrected chi connectivity index (χ4v) is 2.38. The van der Waals surface area contributed by atoms with Gasteiger partial charge in [-0.05, 0) is 41.0 Å². The van der Waals surface area contributed by atoms with E-state index in [0.29, 0.717) is 11.3 Å². The Morgan fingerprint density at radius 1 is 0.926 bits per heavy atom. The van der Waals surface area contributed by atoms with Crippen molar-refractivity contribution in [3.8, 4) is 16.9 Å². The summed E-state index contributed by atoms with van der Waals surface area (Å²) in [7, 11) is 0. The van der Waals surface area contributed by atoms with Crippen molar-refractivity contribution in [1.82, 2.24) is 10.4 Å². The molecule has 0 spiro atoms. The summed E-state index contributed by atoms with van der Waals surface area (Å²) < 4.78 is 5.03. The second-order valence-corrected chi connectivity index (χ2v) is 5.68. The number of esters is 1. The number of rotatable bonds is 5. The lowest BCUT2D eigenvalue weighted by Crippen LogP contribution is -2.17. The van der Waals surface area contributed by atoms with Crippen LogP contribution in [0.25, 0.3) is 11.1 Å². The number of carbonyl (C=O) groups is 2. The summed E-state index contributed by atoms with van der Waals surface area (Å²) in [6.45, 7) is 1.37. The second kappa shape index (κ2) is 8.53. The number of benzene rings is 2. The predicted molar refractivity (Wildman–Crippen MR) is 102 cm³/mol. The molecule has 0 unspecified atom stereocenters. The number of ether oxygens (including phenoxy) is 1. The highest BCUT2D eigenvalue weighted by atomic mass is 16.5. The SMILES string of the molecule is CC(=O)Oc1ccc(-c2ccc(C=NNC(=O)c3ccncc3)cc2)cc1. The van der Waals surface area contributed by atoms with E-state index in [2.05, 4.69) is 15.5 Å². The molecule has 27 heavy (non-hydrogen) atoms. The Balaban J connectivity index is 1.61. The summed E-state index contributed by atoms with van der Waals surface area (Å²) in [5.74, 6) is -0.125. The van der Waals surface area contributed by atoms with Crippen LogP contribution in [0.5, 0.6) is 5.75 Å². The van der Waals surface area contributed by atoms with Crippen molar-refractivity contribution < 1.29 is 14.3 Å². The molecule has 1 N–H and O–H groups in total. The number of aromatic nitrogens is 1. The smallest absolute Gasteiger partial charge is 0.308 e. The fourth-order valence-electron chi connectivity index (χ4n) is 2.38. The average Bonchev–Trinajstić information content (AvgIpc) is 2.69. The van der Waals surface area contributed by atoms with Crippen molar-refractivity contribution >= 4 is 18.1 Å². The number of nitrogens with one attached hydrogen (secondary N) is 1. The van der Waals surface area contributed by atoms with E-state index in [1.807, 2.05) is 36.4 Å². The van der Waals surface area contributed by atoms with Crippen LogP contribution in [0.2, 0.25) is 0 Å². The Hall–Kier alpha value is -3.80. The highest BCUT2D eigenvalue weighted by molar-refractivity contribution is 5.94. The van der Waals surface area contributed by atoms with Crippen molar-refractivity contribution in [1.29, 1.82) is 0 Å². The third kappa shape index (κ3) is 5.09. The minimum absolute atomic E-state index is 0.293. The molecular formula is C21H17N3O3. The van der Waals surface area contributed by atoms with Crippen LogP contribution in [-0.4, -0.2) is 23.1 Å². The van der Waals surface area contributed by atoms with Crippen molar-refractivity contribution in [2.24, 2.45) is 5.10 Å². The Morgan fingerprint density at radius 3 is 2.11 bits per heavy atom. The lowest BCUT2D eigenvalue weighted by atomic mass is 10.0. The second-order valence-electron chi connectivity index (χ2n) is 5.68. The molecule has 3 rings (SSSR count). The van der Waals surface area contributed by atoms with Gasteiger partial charge in [-0.3, -0.25) is 14.6 Å². The third-order valence-electron chi connectivity index (χ3n) is 3.68. The van der Waals surface area contributed by atoms with E-state index in [4.69, 9.17) is 4.74 Å². The first-order valence-corrected chi connectivity index (χ1v) is 8.24. The molecular weight excluding hydrogens is 342 g/mol. The van der Waals surface area contributed by atoms with Crippen molar-refractivity contribution in [2.75, 3.05) is 0 Å². The minimum Gasteiger partial charge on any atom is -0.427 e. The minimum atomic E-state index is -0.345. The zero-order valence-electron chi connectivity index (χ0n) is 14.6. The number of amides is 1. The van der Waals surface area contributed by atoms with Crippen LogP contribution < -0.4 is 10.2 Å². The maximum Gasteiger partial charge on any atom is 0.308 e. The quantitative estimate of drug-likeness (QED) is 0.327. The molecule has 2 aromatic carbocycles. The van der Waals surface area contributed by atoms with Gasteiger partial charge in [-0.2, -0.15) is 5.10 Å². The fraction of sp³-hybridized carbons (Fsp3) is 0.0476. The molecule has 0 aliphatic heterocycles. The van der Waals surface area contributed by atoms with E-state index in [1.54, 1.807) is 42.9 Å². The van der Waals surface area contributed by atoms with Crippen LogP contribution in [0.3, 0.4) is 0 Å². The van der Waals surface area contributed by atoms with Gasteiger partial charge in [-0.25, -0.2) is 5.43 Å². The Labute approximate surface area is 156 Å². The Kier molecular flexibility index (Phi) is 5.69. The molecule has 1 amide bonds. The molecule has 6 nitrogen and oxygen atoms in total. The largest absolute Gasteiger partial charge is 0.427 e. The Morgan fingerprint density at radius 2 is 1.52 bits per heavy atom. The van der Waals surface area contributed by atoms with E-state index < -0.39 is 0 Å². The summed E-state index contributed by atoms with van der Waals surface area (Å²) in [4.78, 5) is 26.7. The van der Waals surface area contributed by atoms with Crippen LogP contribution >= 0.6 is 0 Å². The summed E-state index contributed by atoms with van der Waals surface area (Å²) in [6, 6.07) is 18.2. The maximum atomic E-state index is 11.9. The lowest BCUT2D eigenvalue weighted by molar-refractivity contribution is -0.131. The van der Waals surface area contributed by atoms with E-state index >= 15 is 0 Å². The third-order valence-corrected chi connectivity index (χ3v) is 3.68. The van der Waals surface area contributed by atoms with Gasteiger partial charge < -0.3 is 4.74 Å². The maximum absolute atomic E-state index is 11.9. The number of pyridine rings is 1. The topological polar surface area (TPSA) is 80.6 Å². The highest BCUT2D eigenvalue weighted by Gasteiger charge is 2.03. The first kappa shape index (κ1) is 18.0. The molecule has 0 radical (unpaired) electrons. The monoisotopic (exact) mass is 359 g/mol. The molecule has 1 aromatic heterocycles. The average molecular weight is 359 g/mol. The summed E-state index contributed by atoms with van der Waals surface area (Å²) in [5, 5.41) is 3.97. The molecule has 0 aliphatic carbocycles. The molecule has 1 heterocycles. The standard InChI is InChI=1S/C21H17N3O3/c1-15(25)27-20-8-6-18(7-9-20)17-4-2-16(3-5-17)14-23-24-21(26)19-10-12-22-13-11-19/h2-14H,1H3,(H,24,26). The normalized spacial score (nSPS) is 10.6. The van der Waals surface area contributed by atoms with Crippen LogP contribution in [0, 0.1) is 0 Å². The molecule has 0 saturated heterocycles. The van der Waals surface area contributed by atoms with Crippen molar-refractivity contribution in [3.05, 3.63) is 84.2 Å². The van der Waals surface area contributed by atoms with Gasteiger partial charge in [0.2, 0.25) is 0 Å². The van der Waals surface area contributed by atoms with Crippen LogP contribution in [0.4, 0.5) is 0 Å². The van der Waals surface area contributed by atoms with Crippen molar-refractivity contribution in [2.45, 2.75) is 6.92 Å². The molecule has 0 bridgehead atoms. The van der Waals surface area contributed by atoms with E-state index in [-0.39, 0.29) is 11.9 Å². The summed E-state index contributed by atoms with van der Waals surface area (Å²) in [6.07, 6.45) is 4.68. The summed E-state index contributed by atoms with van der Waals surface area (Å²) >= 11 is 0. The van der Waals surface area contributed by atoms with E-state index in [1.165, 1.54) is 6.92 Å². The number of hydrogen-bond donors (Lipinski definition) is 1. The van der Waals surface area contributed by atoms with Crippen LogP contribution in [0.1, 0.15) is 22.8 Å². The number of nitrogens with zero attached hydrogens (tertiary/aromatic N) is 2. The van der Waals surface area contributed by atoms with Gasteiger partial charge in [-0.1, -0.05) is 36.4 Å². The van der Waals surface area contributed by atoms with Gasteiger partial charge in [0.15, 0.2) is 0 Å². The number of hydrogen-bond acceptors (Lipinski definition) is 5. The molecule has 134 valence electrons. The van der Waals surface area contributed by atoms with E-state index in [0.717, 1.165) is 16.7 Å². The lowest BCUT2D eigenvalue weighted by Gasteiger charge is -2.05. The van der Waals surface area contributed by atoms with Gasteiger partial charge in [0.1, 0.15) is 5.75 Å². The zero-order valence-corrected chi connectivity index (χ0v) is 14.6. The first-order valence-electron chi connectivity index (χ1n) is 8.24. The zero-order chi connectivity index (χ0) is 19.1. The van der Waals surface area contributed by atoms with Gasteiger partial charge in [-0.15, -0.1) is 0 Å². The molecule has 0 atom stereocenters. The predicted octanol–water partition coefficient (Wildman–Crippen LogP) is 3.44. The molecule has 0 fully saturated rings. The van der Waals surface area contributed by atoms with Gasteiger partial charge >= 0.3 is 5.97 Å². The first-order chi connectivity index (χ1) is 13.1. The van der Waals surface area contributed by atoms with Gasteiger partial charge in [0, 0.05) is 24.9 Å². The molecule has 0 saturated carbocycles. The van der Waals surface area contributed by atoms with Gasteiger partial charge in [0.05, 0.1) is 6.21 Å². The van der Waals surface area contributed by atoms with Gasteiger partial charge in [0.25, 0.3) is 5.91 Å². The molecule has 6 heteroatoms. The highest BCUT2D eigenvalue weighted by Crippen LogP contribution is 2.22. The van der Waals surface area contributed by atoms with Crippen LogP contribution in [-0.2, 0) is 4.79 Å². The number of carbonyl (C=O) groups excluding carboxylic acids is 2. The summed E-state index contributed by atoms with van der Waals surface area (Å²) in [5.41, 5.74) is 5.84. The van der Waals surface area contributed by atoms with Crippen molar-refractivity contribution in [3.63, 3.8) is 0 Å². The number of hydrazone groups is 1.